The molecule has 0 spiro atoms. The van der Waals surface area contributed by atoms with E-state index < -0.39 is 0 Å². The van der Waals surface area contributed by atoms with E-state index in [9.17, 15) is 9.59 Å². The molecule has 1 aliphatic rings. The number of aryl methyl sites for hydroxylation is 1. The molecule has 3 heterocycles. The molecular formula is C22H18N4O4. The van der Waals surface area contributed by atoms with Crippen LogP contribution in [0, 0.1) is 6.92 Å². The summed E-state index contributed by atoms with van der Waals surface area (Å²) < 4.78 is 13.6. The van der Waals surface area contributed by atoms with Crippen molar-refractivity contribution in [3.05, 3.63) is 76.8 Å². The van der Waals surface area contributed by atoms with Gasteiger partial charge in [0.1, 0.15) is 12.1 Å². The fourth-order valence-electron chi connectivity index (χ4n) is 3.43. The van der Waals surface area contributed by atoms with Gasteiger partial charge in [-0.1, -0.05) is 12.1 Å². The summed E-state index contributed by atoms with van der Waals surface area (Å²) in [6, 6.07) is 14.7. The smallest absolute Gasteiger partial charge is 0.277 e. The standard InChI is InChI=1S/C22H18N4O4/c1-14-3-2-4-16(9-14)23-21(27)12-25-7-8-26-18(22(25)28)11-17(24-26)15-5-6-19-20(10-15)30-13-29-19/h2-11H,12-13H2,1H3,(H,23,27). The van der Waals surface area contributed by atoms with Gasteiger partial charge in [0.2, 0.25) is 12.7 Å². The Morgan fingerprint density at radius 1 is 1.10 bits per heavy atom. The average Bonchev–Trinajstić information content (AvgIpc) is 3.36. The Morgan fingerprint density at radius 2 is 1.97 bits per heavy atom. The van der Waals surface area contributed by atoms with Crippen molar-refractivity contribution in [2.24, 2.45) is 0 Å². The lowest BCUT2D eigenvalue weighted by molar-refractivity contribution is -0.116. The fourth-order valence-corrected chi connectivity index (χ4v) is 3.43. The number of carbonyl (C=O) groups excluding carboxylic acids is 1. The van der Waals surface area contributed by atoms with E-state index in [-0.39, 0.29) is 24.8 Å². The number of fused-ring (bicyclic) bond motifs is 2. The molecule has 8 heteroatoms. The van der Waals surface area contributed by atoms with E-state index in [2.05, 4.69) is 10.4 Å². The van der Waals surface area contributed by atoms with Crippen molar-refractivity contribution >= 4 is 17.1 Å². The Morgan fingerprint density at radius 3 is 2.83 bits per heavy atom. The van der Waals surface area contributed by atoms with Gasteiger partial charge in [-0.15, -0.1) is 0 Å². The van der Waals surface area contributed by atoms with Crippen molar-refractivity contribution in [3.8, 4) is 22.8 Å². The summed E-state index contributed by atoms with van der Waals surface area (Å²) in [7, 11) is 0. The molecule has 0 saturated carbocycles. The van der Waals surface area contributed by atoms with Crippen LogP contribution in [0.15, 0.2) is 65.7 Å². The highest BCUT2D eigenvalue weighted by Crippen LogP contribution is 2.35. The number of nitrogens with one attached hydrogen (secondary N) is 1. The maximum Gasteiger partial charge on any atom is 0.277 e. The Hall–Kier alpha value is -4.07. The highest BCUT2D eigenvalue weighted by Gasteiger charge is 2.16. The molecule has 0 aliphatic carbocycles. The van der Waals surface area contributed by atoms with Crippen LogP contribution in [0.3, 0.4) is 0 Å². The third-order valence-corrected chi connectivity index (χ3v) is 4.89. The SMILES string of the molecule is Cc1cccc(NC(=O)Cn2ccn3nc(-c4ccc5c(c4)OCO5)cc3c2=O)c1. The number of carbonyl (C=O) groups is 1. The molecule has 0 radical (unpaired) electrons. The van der Waals surface area contributed by atoms with Crippen LogP contribution in [-0.2, 0) is 11.3 Å². The lowest BCUT2D eigenvalue weighted by atomic mass is 10.1. The molecule has 0 bridgehead atoms. The minimum atomic E-state index is -0.295. The zero-order valence-electron chi connectivity index (χ0n) is 16.2. The van der Waals surface area contributed by atoms with E-state index >= 15 is 0 Å². The first-order valence-corrected chi connectivity index (χ1v) is 9.42. The number of benzene rings is 2. The summed E-state index contributed by atoms with van der Waals surface area (Å²) in [6.07, 6.45) is 3.22. The van der Waals surface area contributed by atoms with Crippen LogP contribution in [0.1, 0.15) is 5.56 Å². The second kappa shape index (κ2) is 7.07. The highest BCUT2D eigenvalue weighted by molar-refractivity contribution is 5.90. The topological polar surface area (TPSA) is 86.9 Å². The lowest BCUT2D eigenvalue weighted by Crippen LogP contribution is -2.28. The largest absolute Gasteiger partial charge is 0.454 e. The Labute approximate surface area is 171 Å². The summed E-state index contributed by atoms with van der Waals surface area (Å²) in [5.41, 5.74) is 3.27. The molecular weight excluding hydrogens is 384 g/mol. The molecule has 30 heavy (non-hydrogen) atoms. The maximum absolute atomic E-state index is 12.9. The number of hydrogen-bond acceptors (Lipinski definition) is 5. The first-order valence-electron chi connectivity index (χ1n) is 9.42. The minimum absolute atomic E-state index is 0.0895. The summed E-state index contributed by atoms with van der Waals surface area (Å²) in [5, 5.41) is 7.29. The molecule has 2 aromatic carbocycles. The summed E-state index contributed by atoms with van der Waals surface area (Å²) >= 11 is 0. The number of aromatic nitrogens is 3. The maximum atomic E-state index is 12.9. The summed E-state index contributed by atoms with van der Waals surface area (Å²) in [4.78, 5) is 25.3. The van der Waals surface area contributed by atoms with Gasteiger partial charge in [0.05, 0.1) is 5.69 Å². The van der Waals surface area contributed by atoms with E-state index in [1.807, 2.05) is 49.4 Å². The van der Waals surface area contributed by atoms with Gasteiger partial charge >= 0.3 is 0 Å². The molecule has 1 aliphatic heterocycles. The molecule has 5 rings (SSSR count). The van der Waals surface area contributed by atoms with Crippen LogP contribution in [0.5, 0.6) is 11.5 Å². The molecule has 0 unspecified atom stereocenters. The van der Waals surface area contributed by atoms with Crippen LogP contribution in [0.2, 0.25) is 0 Å². The molecule has 8 nitrogen and oxygen atoms in total. The zero-order chi connectivity index (χ0) is 20.7. The van der Waals surface area contributed by atoms with Gasteiger partial charge in [0.25, 0.3) is 5.56 Å². The fraction of sp³-hybridized carbons (Fsp3) is 0.136. The third kappa shape index (κ3) is 3.28. The van der Waals surface area contributed by atoms with E-state index in [4.69, 9.17) is 9.47 Å². The van der Waals surface area contributed by atoms with Crippen LogP contribution in [0.4, 0.5) is 5.69 Å². The van der Waals surface area contributed by atoms with E-state index in [1.54, 1.807) is 18.5 Å². The van der Waals surface area contributed by atoms with Gasteiger partial charge in [0, 0.05) is 23.6 Å². The minimum Gasteiger partial charge on any atom is -0.454 e. The number of anilines is 1. The predicted octanol–water partition coefficient (Wildman–Crippen LogP) is 2.84. The second-order valence-corrected chi connectivity index (χ2v) is 7.08. The van der Waals surface area contributed by atoms with Crippen LogP contribution >= 0.6 is 0 Å². The van der Waals surface area contributed by atoms with Gasteiger partial charge < -0.3 is 19.4 Å². The molecule has 4 aromatic rings. The quantitative estimate of drug-likeness (QED) is 0.567. The Kier molecular flexibility index (Phi) is 4.24. The van der Waals surface area contributed by atoms with Crippen molar-refractivity contribution < 1.29 is 14.3 Å². The number of hydrogen-bond donors (Lipinski definition) is 1. The zero-order valence-corrected chi connectivity index (χ0v) is 16.2. The number of nitrogens with zero attached hydrogens (tertiary/aromatic N) is 3. The van der Waals surface area contributed by atoms with Crippen LogP contribution in [-0.4, -0.2) is 26.9 Å². The normalized spacial score (nSPS) is 12.3. The first kappa shape index (κ1) is 18.0. The molecule has 1 N–H and O–H groups in total. The van der Waals surface area contributed by atoms with Crippen LogP contribution in [0.25, 0.3) is 16.8 Å². The summed E-state index contributed by atoms with van der Waals surface area (Å²) in [5.74, 6) is 1.06. The lowest BCUT2D eigenvalue weighted by Gasteiger charge is -2.08. The van der Waals surface area contributed by atoms with E-state index in [0.717, 1.165) is 11.1 Å². The number of rotatable bonds is 4. The number of ether oxygens (including phenoxy) is 2. The molecule has 150 valence electrons. The molecule has 0 atom stereocenters. The highest BCUT2D eigenvalue weighted by atomic mass is 16.7. The number of amides is 1. The van der Waals surface area contributed by atoms with Crippen molar-refractivity contribution in [2.45, 2.75) is 13.5 Å². The van der Waals surface area contributed by atoms with Crippen molar-refractivity contribution in [1.82, 2.24) is 14.2 Å². The predicted molar refractivity (Wildman–Crippen MR) is 111 cm³/mol. The average molecular weight is 402 g/mol. The molecule has 2 aromatic heterocycles. The van der Waals surface area contributed by atoms with Crippen molar-refractivity contribution in [2.75, 3.05) is 12.1 Å². The van der Waals surface area contributed by atoms with Crippen molar-refractivity contribution in [1.29, 1.82) is 0 Å². The van der Waals surface area contributed by atoms with E-state index in [1.165, 1.54) is 9.08 Å². The van der Waals surface area contributed by atoms with Gasteiger partial charge in [-0.05, 0) is 48.9 Å². The Bertz CT molecular complexity index is 1340. The molecule has 0 fully saturated rings. The van der Waals surface area contributed by atoms with E-state index in [0.29, 0.717) is 28.4 Å². The monoisotopic (exact) mass is 402 g/mol. The Balaban J connectivity index is 1.41. The summed E-state index contributed by atoms with van der Waals surface area (Å²) in [6.45, 7) is 2.05. The van der Waals surface area contributed by atoms with Gasteiger partial charge in [-0.3, -0.25) is 9.59 Å². The molecule has 1 amide bonds. The third-order valence-electron chi connectivity index (χ3n) is 4.89. The molecule has 0 saturated heterocycles. The van der Waals surface area contributed by atoms with Crippen LogP contribution < -0.4 is 20.3 Å². The second-order valence-electron chi connectivity index (χ2n) is 7.08. The van der Waals surface area contributed by atoms with Crippen molar-refractivity contribution in [3.63, 3.8) is 0 Å². The van der Waals surface area contributed by atoms with Gasteiger partial charge in [0.15, 0.2) is 11.5 Å². The first-order chi connectivity index (χ1) is 14.6. The van der Waals surface area contributed by atoms with Gasteiger partial charge in [-0.2, -0.15) is 5.10 Å². The van der Waals surface area contributed by atoms with Gasteiger partial charge in [-0.25, -0.2) is 4.52 Å².